The third-order valence-electron chi connectivity index (χ3n) is 7.71. The molecule has 2 aliphatic rings. The van der Waals surface area contributed by atoms with Gasteiger partial charge in [0.2, 0.25) is 0 Å². The van der Waals surface area contributed by atoms with E-state index < -0.39 is 12.4 Å². The van der Waals surface area contributed by atoms with Crippen LogP contribution in [-0.4, -0.2) is 48.4 Å². The summed E-state index contributed by atoms with van der Waals surface area (Å²) in [6.07, 6.45) is 5.10. The number of amides is 1. The molecule has 3 aromatic rings. The number of benzene rings is 3. The zero-order valence-corrected chi connectivity index (χ0v) is 23.5. The molecule has 2 aliphatic heterocycles. The molecule has 0 bridgehead atoms. The lowest BCUT2D eigenvalue weighted by atomic mass is 9.98. The Morgan fingerprint density at radius 2 is 1.71 bits per heavy atom. The highest BCUT2D eigenvalue weighted by Crippen LogP contribution is 2.39. The second-order valence-electron chi connectivity index (χ2n) is 10.8. The van der Waals surface area contributed by atoms with Crippen molar-refractivity contribution in [3.8, 4) is 11.1 Å². The van der Waals surface area contributed by atoms with Crippen molar-refractivity contribution in [2.24, 2.45) is 0 Å². The molecule has 7 nitrogen and oxygen atoms in total. The number of piperidine rings is 1. The SMILES string of the molecule is C=CCOC(=O)NCc1cccc(-c2cccc([C@H]3O[C@@H](CN4CCCCC4)C[C@@H](c4ccc(CO)cc4)O3)c2)c1. The largest absolute Gasteiger partial charge is 0.445 e. The number of aliphatic hydroxyl groups is 1. The van der Waals surface area contributed by atoms with Crippen LogP contribution in [0.5, 0.6) is 0 Å². The highest BCUT2D eigenvalue weighted by molar-refractivity contribution is 5.68. The average molecular weight is 557 g/mol. The van der Waals surface area contributed by atoms with Crippen LogP contribution in [0.3, 0.4) is 0 Å². The molecule has 2 heterocycles. The van der Waals surface area contributed by atoms with E-state index >= 15 is 0 Å². The van der Waals surface area contributed by atoms with E-state index in [1.54, 1.807) is 0 Å². The van der Waals surface area contributed by atoms with Gasteiger partial charge >= 0.3 is 6.09 Å². The Morgan fingerprint density at radius 3 is 2.46 bits per heavy atom. The van der Waals surface area contributed by atoms with E-state index in [1.807, 2.05) is 30.3 Å². The van der Waals surface area contributed by atoms with Crippen LogP contribution >= 0.6 is 0 Å². The second kappa shape index (κ2) is 14.4. The van der Waals surface area contributed by atoms with E-state index in [1.165, 1.54) is 25.3 Å². The van der Waals surface area contributed by atoms with Crippen LogP contribution in [0.25, 0.3) is 11.1 Å². The number of alkyl carbamates (subject to hydrolysis) is 1. The molecular formula is C34H40N2O5. The highest BCUT2D eigenvalue weighted by atomic mass is 16.7. The Bertz CT molecular complexity index is 1290. The van der Waals surface area contributed by atoms with Crippen molar-refractivity contribution in [2.75, 3.05) is 26.2 Å². The third-order valence-corrected chi connectivity index (χ3v) is 7.71. The van der Waals surface area contributed by atoms with Crippen molar-refractivity contribution >= 4 is 6.09 Å². The predicted octanol–water partition coefficient (Wildman–Crippen LogP) is 6.29. The van der Waals surface area contributed by atoms with Gasteiger partial charge in [-0.3, -0.25) is 0 Å². The molecule has 5 rings (SSSR count). The molecule has 0 saturated carbocycles. The summed E-state index contributed by atoms with van der Waals surface area (Å²) in [7, 11) is 0. The van der Waals surface area contributed by atoms with E-state index in [-0.39, 0.29) is 25.4 Å². The van der Waals surface area contributed by atoms with Gasteiger partial charge in [0, 0.05) is 25.1 Å². The molecule has 41 heavy (non-hydrogen) atoms. The van der Waals surface area contributed by atoms with E-state index in [4.69, 9.17) is 14.2 Å². The maximum absolute atomic E-state index is 11.8. The van der Waals surface area contributed by atoms with Gasteiger partial charge in [-0.2, -0.15) is 0 Å². The molecule has 2 N–H and O–H groups in total. The molecule has 0 radical (unpaired) electrons. The summed E-state index contributed by atoms with van der Waals surface area (Å²) < 4.78 is 18.2. The number of aliphatic hydroxyl groups excluding tert-OH is 1. The van der Waals surface area contributed by atoms with Crippen LogP contribution in [0.1, 0.15) is 60.3 Å². The Morgan fingerprint density at radius 1 is 0.951 bits per heavy atom. The smallest absolute Gasteiger partial charge is 0.407 e. The number of carbonyl (C=O) groups excluding carboxylic acids is 1. The molecule has 0 aliphatic carbocycles. The van der Waals surface area contributed by atoms with Crippen molar-refractivity contribution in [1.82, 2.24) is 10.2 Å². The number of rotatable bonds is 10. The van der Waals surface area contributed by atoms with Crippen molar-refractivity contribution < 1.29 is 24.1 Å². The van der Waals surface area contributed by atoms with Gasteiger partial charge in [0.25, 0.3) is 0 Å². The van der Waals surface area contributed by atoms with Crippen LogP contribution in [0.2, 0.25) is 0 Å². The number of hydrogen-bond donors (Lipinski definition) is 2. The molecule has 1 amide bonds. The third kappa shape index (κ3) is 8.05. The number of likely N-dealkylation sites (tertiary alicyclic amines) is 1. The Labute approximate surface area is 242 Å². The minimum Gasteiger partial charge on any atom is -0.445 e. The van der Waals surface area contributed by atoms with E-state index in [9.17, 15) is 9.90 Å². The van der Waals surface area contributed by atoms with E-state index in [2.05, 4.69) is 59.3 Å². The summed E-state index contributed by atoms with van der Waals surface area (Å²) in [6.45, 7) is 7.27. The maximum Gasteiger partial charge on any atom is 0.407 e. The normalized spacial score (nSPS) is 21.2. The molecule has 0 aromatic heterocycles. The highest BCUT2D eigenvalue weighted by Gasteiger charge is 2.33. The number of nitrogens with one attached hydrogen (secondary N) is 1. The van der Waals surface area contributed by atoms with Crippen molar-refractivity contribution in [2.45, 2.75) is 57.3 Å². The fraction of sp³-hybridized carbons (Fsp3) is 0.382. The summed E-state index contributed by atoms with van der Waals surface area (Å²) in [5.74, 6) is 0. The summed E-state index contributed by atoms with van der Waals surface area (Å²) >= 11 is 0. The first-order valence-corrected chi connectivity index (χ1v) is 14.5. The molecule has 3 aromatic carbocycles. The minimum atomic E-state index is -0.495. The van der Waals surface area contributed by atoms with Crippen LogP contribution in [0.15, 0.2) is 85.5 Å². The average Bonchev–Trinajstić information content (AvgIpc) is 3.03. The van der Waals surface area contributed by atoms with Gasteiger partial charge in [0.15, 0.2) is 6.29 Å². The molecule has 3 atom stereocenters. The molecule has 0 unspecified atom stereocenters. The maximum atomic E-state index is 11.8. The van der Waals surface area contributed by atoms with Crippen molar-refractivity contribution in [3.05, 3.63) is 108 Å². The Balaban J connectivity index is 1.33. The molecule has 7 heteroatoms. The van der Waals surface area contributed by atoms with E-state index in [0.29, 0.717) is 6.54 Å². The van der Waals surface area contributed by atoms with Crippen molar-refractivity contribution in [3.63, 3.8) is 0 Å². The monoisotopic (exact) mass is 556 g/mol. The quantitative estimate of drug-likeness (QED) is 0.286. The van der Waals surface area contributed by atoms with Gasteiger partial charge in [-0.15, -0.1) is 0 Å². The lowest BCUT2D eigenvalue weighted by Crippen LogP contribution is -2.41. The van der Waals surface area contributed by atoms with E-state index in [0.717, 1.165) is 59.4 Å². The second-order valence-corrected chi connectivity index (χ2v) is 10.8. The number of ether oxygens (including phenoxy) is 3. The molecular weight excluding hydrogens is 516 g/mol. The molecule has 2 saturated heterocycles. The first-order valence-electron chi connectivity index (χ1n) is 14.5. The van der Waals surface area contributed by atoms with Gasteiger partial charge in [-0.1, -0.05) is 79.7 Å². The number of nitrogens with zero attached hydrogens (tertiary/aromatic N) is 1. The lowest BCUT2D eigenvalue weighted by Gasteiger charge is -2.39. The standard InChI is InChI=1S/C34H40N2O5/c1-2-18-39-34(38)35-22-26-8-6-9-28(19-26)29-10-7-11-30(20-29)33-40-31(23-36-16-4-3-5-17-36)21-32(41-33)27-14-12-25(24-37)13-15-27/h2,6-15,19-20,31-33,37H,1,3-5,16-18,21-24H2,(H,35,38)/t31-,32+,33+/m1/s1. The van der Waals surface area contributed by atoms with Crippen LogP contribution in [-0.2, 0) is 27.4 Å². The van der Waals surface area contributed by atoms with Crippen LogP contribution < -0.4 is 5.32 Å². The summed E-state index contributed by atoms with van der Waals surface area (Å²) in [5.41, 5.74) is 6.03. The molecule has 2 fully saturated rings. The van der Waals surface area contributed by atoms with Gasteiger partial charge in [-0.05, 0) is 65.9 Å². The number of hydrogen-bond acceptors (Lipinski definition) is 6. The lowest BCUT2D eigenvalue weighted by molar-refractivity contribution is -0.253. The number of carbonyl (C=O) groups is 1. The fourth-order valence-corrected chi connectivity index (χ4v) is 5.55. The Kier molecular flexibility index (Phi) is 10.2. The summed E-state index contributed by atoms with van der Waals surface area (Å²) in [4.78, 5) is 14.4. The van der Waals surface area contributed by atoms with Gasteiger partial charge < -0.3 is 29.5 Å². The summed E-state index contributed by atoms with van der Waals surface area (Å²) in [5, 5.41) is 12.3. The fourth-order valence-electron chi connectivity index (χ4n) is 5.55. The topological polar surface area (TPSA) is 80.3 Å². The Hall–Kier alpha value is -3.49. The first-order chi connectivity index (χ1) is 20.1. The van der Waals surface area contributed by atoms with Gasteiger partial charge in [-0.25, -0.2) is 4.79 Å². The van der Waals surface area contributed by atoms with Crippen LogP contribution in [0, 0.1) is 0 Å². The predicted molar refractivity (Wildman–Crippen MR) is 159 cm³/mol. The minimum absolute atomic E-state index is 0.0264. The van der Waals surface area contributed by atoms with Crippen LogP contribution in [0.4, 0.5) is 4.79 Å². The molecule has 216 valence electrons. The molecule has 0 spiro atoms. The van der Waals surface area contributed by atoms with Gasteiger partial charge in [0.1, 0.15) is 6.61 Å². The summed E-state index contributed by atoms with van der Waals surface area (Å²) in [6, 6.07) is 24.4. The van der Waals surface area contributed by atoms with Crippen molar-refractivity contribution in [1.29, 1.82) is 0 Å². The zero-order valence-electron chi connectivity index (χ0n) is 23.5. The first kappa shape index (κ1) is 29.0. The zero-order chi connectivity index (χ0) is 28.4. The van der Waals surface area contributed by atoms with Gasteiger partial charge in [0.05, 0.1) is 18.8 Å².